The van der Waals surface area contributed by atoms with Gasteiger partial charge in [0.15, 0.2) is 5.11 Å². The minimum atomic E-state index is -0.200. The van der Waals surface area contributed by atoms with Crippen LogP contribution in [-0.4, -0.2) is 35.1 Å². The molecule has 0 spiro atoms. The fraction of sp³-hybridized carbons (Fsp3) is 0.800. The average Bonchev–Trinajstić information content (AvgIpc) is 3.02. The van der Waals surface area contributed by atoms with Crippen LogP contribution in [0.2, 0.25) is 0 Å². The highest BCUT2D eigenvalue weighted by molar-refractivity contribution is 7.80. The Hall–Kier alpha value is -0.840. The zero-order valence-corrected chi connectivity index (χ0v) is 9.55. The van der Waals surface area contributed by atoms with Crippen LogP contribution in [0.5, 0.6) is 0 Å². The largest absolute Gasteiger partial charge is 0.369 e. The second-order valence-corrected chi connectivity index (χ2v) is 4.80. The third kappa shape index (κ3) is 2.81. The average molecular weight is 227 g/mol. The highest BCUT2D eigenvalue weighted by Gasteiger charge is 2.28. The number of thiocarbonyl (C=S) groups is 1. The highest BCUT2D eigenvalue weighted by Crippen LogP contribution is 2.21. The summed E-state index contributed by atoms with van der Waals surface area (Å²) >= 11 is 5.29. The zero-order valence-electron chi connectivity index (χ0n) is 8.74. The van der Waals surface area contributed by atoms with E-state index in [2.05, 4.69) is 10.2 Å². The summed E-state index contributed by atoms with van der Waals surface area (Å²) in [6.45, 7) is 1.64. The van der Waals surface area contributed by atoms with Crippen molar-refractivity contribution in [1.29, 1.82) is 0 Å². The van der Waals surface area contributed by atoms with Crippen LogP contribution in [0.4, 0.5) is 0 Å². The molecule has 2 fully saturated rings. The molecule has 1 amide bonds. The summed E-state index contributed by atoms with van der Waals surface area (Å²) in [5, 5.41) is 4.08. The first kappa shape index (κ1) is 10.7. The Labute approximate surface area is 95.2 Å². The third-order valence-electron chi connectivity index (χ3n) is 3.02. The lowest BCUT2D eigenvalue weighted by Gasteiger charge is -2.33. The standard InChI is InChI=1S/C10H17N3OS/c11-9(14)7-2-1-5-13(6-7)10(15)12-8-3-4-8/h7-8H,1-6H2,(H2,11,14)(H,12,15)/t7-/m0/s1. The van der Waals surface area contributed by atoms with E-state index in [1.165, 1.54) is 12.8 Å². The molecule has 1 aliphatic heterocycles. The van der Waals surface area contributed by atoms with Crippen molar-refractivity contribution in [3.63, 3.8) is 0 Å². The Morgan fingerprint density at radius 2 is 2.13 bits per heavy atom. The number of carbonyl (C=O) groups excluding carboxylic acids is 1. The van der Waals surface area contributed by atoms with Crippen molar-refractivity contribution in [3.8, 4) is 0 Å². The Balaban J connectivity index is 1.85. The van der Waals surface area contributed by atoms with Crippen LogP contribution in [0, 0.1) is 5.92 Å². The molecule has 1 aliphatic carbocycles. The van der Waals surface area contributed by atoms with E-state index in [-0.39, 0.29) is 11.8 Å². The summed E-state index contributed by atoms with van der Waals surface area (Å²) in [6, 6.07) is 0.575. The number of carbonyl (C=O) groups is 1. The van der Waals surface area contributed by atoms with Crippen molar-refractivity contribution in [1.82, 2.24) is 10.2 Å². The molecule has 0 aromatic heterocycles. The Morgan fingerprint density at radius 3 is 2.73 bits per heavy atom. The van der Waals surface area contributed by atoms with Gasteiger partial charge in [-0.05, 0) is 37.9 Å². The number of primary amides is 1. The normalized spacial score (nSPS) is 26.1. The van der Waals surface area contributed by atoms with E-state index in [0.717, 1.165) is 24.5 Å². The van der Waals surface area contributed by atoms with Crippen LogP contribution >= 0.6 is 12.2 Å². The van der Waals surface area contributed by atoms with Crippen molar-refractivity contribution in [2.75, 3.05) is 13.1 Å². The number of piperidine rings is 1. The van der Waals surface area contributed by atoms with Gasteiger partial charge in [-0.15, -0.1) is 0 Å². The fourth-order valence-electron chi connectivity index (χ4n) is 1.89. The lowest BCUT2D eigenvalue weighted by atomic mass is 9.98. The number of nitrogens with one attached hydrogen (secondary N) is 1. The molecular weight excluding hydrogens is 210 g/mol. The van der Waals surface area contributed by atoms with Crippen LogP contribution in [0.3, 0.4) is 0 Å². The molecule has 1 atom stereocenters. The van der Waals surface area contributed by atoms with E-state index in [1.807, 2.05) is 0 Å². The smallest absolute Gasteiger partial charge is 0.222 e. The topological polar surface area (TPSA) is 58.4 Å². The molecule has 5 heteroatoms. The molecule has 0 radical (unpaired) electrons. The van der Waals surface area contributed by atoms with Crippen LogP contribution < -0.4 is 11.1 Å². The number of nitrogens with two attached hydrogens (primary N) is 1. The molecule has 1 saturated carbocycles. The van der Waals surface area contributed by atoms with E-state index in [4.69, 9.17) is 18.0 Å². The molecule has 0 unspecified atom stereocenters. The Bertz CT molecular complexity index is 278. The van der Waals surface area contributed by atoms with Crippen LogP contribution in [0.15, 0.2) is 0 Å². The fourth-order valence-corrected chi connectivity index (χ4v) is 2.22. The number of hydrogen-bond acceptors (Lipinski definition) is 2. The number of rotatable bonds is 2. The monoisotopic (exact) mass is 227 g/mol. The molecule has 3 N–H and O–H groups in total. The molecule has 0 bridgehead atoms. The summed E-state index contributed by atoms with van der Waals surface area (Å²) in [7, 11) is 0. The second kappa shape index (κ2) is 4.35. The molecule has 2 aliphatic rings. The summed E-state index contributed by atoms with van der Waals surface area (Å²) < 4.78 is 0. The number of likely N-dealkylation sites (tertiary alicyclic amines) is 1. The molecule has 1 saturated heterocycles. The van der Waals surface area contributed by atoms with Crippen molar-refractivity contribution in [2.45, 2.75) is 31.7 Å². The van der Waals surface area contributed by atoms with Crippen LogP contribution in [-0.2, 0) is 4.79 Å². The van der Waals surface area contributed by atoms with E-state index >= 15 is 0 Å². The number of nitrogens with zero attached hydrogens (tertiary/aromatic N) is 1. The van der Waals surface area contributed by atoms with Gasteiger partial charge in [-0.3, -0.25) is 4.79 Å². The molecule has 15 heavy (non-hydrogen) atoms. The van der Waals surface area contributed by atoms with E-state index in [1.54, 1.807) is 0 Å². The lowest BCUT2D eigenvalue weighted by molar-refractivity contribution is -0.122. The molecule has 84 valence electrons. The van der Waals surface area contributed by atoms with Crippen molar-refractivity contribution in [3.05, 3.63) is 0 Å². The summed E-state index contributed by atoms with van der Waals surface area (Å²) in [4.78, 5) is 13.2. The second-order valence-electron chi connectivity index (χ2n) is 4.41. The maximum atomic E-state index is 11.1. The number of hydrogen-bond donors (Lipinski definition) is 2. The van der Waals surface area contributed by atoms with Gasteiger partial charge in [0.25, 0.3) is 0 Å². The predicted molar refractivity (Wildman–Crippen MR) is 62.2 cm³/mol. The maximum Gasteiger partial charge on any atom is 0.222 e. The Morgan fingerprint density at radius 1 is 1.40 bits per heavy atom. The van der Waals surface area contributed by atoms with Gasteiger partial charge in [-0.2, -0.15) is 0 Å². The molecule has 0 aromatic carbocycles. The van der Waals surface area contributed by atoms with Crippen molar-refractivity contribution >= 4 is 23.2 Å². The van der Waals surface area contributed by atoms with E-state index in [9.17, 15) is 4.79 Å². The SMILES string of the molecule is NC(=O)[C@H]1CCCN(C(=S)NC2CC2)C1. The number of amides is 1. The quantitative estimate of drug-likeness (QED) is 0.663. The minimum absolute atomic E-state index is 0.0299. The Kier molecular flexibility index (Phi) is 3.09. The van der Waals surface area contributed by atoms with Gasteiger partial charge in [0.1, 0.15) is 0 Å². The molecule has 0 aromatic rings. The summed E-state index contributed by atoms with van der Waals surface area (Å²) in [5.74, 6) is -0.230. The summed E-state index contributed by atoms with van der Waals surface area (Å²) in [6.07, 6.45) is 4.33. The third-order valence-corrected chi connectivity index (χ3v) is 3.39. The van der Waals surface area contributed by atoms with E-state index < -0.39 is 0 Å². The lowest BCUT2D eigenvalue weighted by Crippen LogP contribution is -2.48. The van der Waals surface area contributed by atoms with Crippen LogP contribution in [0.25, 0.3) is 0 Å². The predicted octanol–water partition coefficient (Wildman–Crippen LogP) is 0.221. The molecule has 1 heterocycles. The molecule has 2 rings (SSSR count). The first-order valence-corrected chi connectivity index (χ1v) is 5.92. The molecular formula is C10H17N3OS. The first-order chi connectivity index (χ1) is 7.16. The maximum absolute atomic E-state index is 11.1. The van der Waals surface area contributed by atoms with Gasteiger partial charge in [0.05, 0.1) is 5.92 Å². The van der Waals surface area contributed by atoms with Gasteiger partial charge in [0.2, 0.25) is 5.91 Å². The summed E-state index contributed by atoms with van der Waals surface area (Å²) in [5.41, 5.74) is 5.31. The van der Waals surface area contributed by atoms with Crippen LogP contribution in [0.1, 0.15) is 25.7 Å². The van der Waals surface area contributed by atoms with Gasteiger partial charge in [0, 0.05) is 19.1 Å². The van der Waals surface area contributed by atoms with Crippen molar-refractivity contribution < 1.29 is 4.79 Å². The van der Waals surface area contributed by atoms with Gasteiger partial charge < -0.3 is 16.0 Å². The van der Waals surface area contributed by atoms with Crippen molar-refractivity contribution in [2.24, 2.45) is 11.7 Å². The van der Waals surface area contributed by atoms with Gasteiger partial charge in [-0.25, -0.2) is 0 Å². The highest BCUT2D eigenvalue weighted by atomic mass is 32.1. The minimum Gasteiger partial charge on any atom is -0.369 e. The zero-order chi connectivity index (χ0) is 10.8. The first-order valence-electron chi connectivity index (χ1n) is 5.51. The van der Waals surface area contributed by atoms with E-state index in [0.29, 0.717) is 12.6 Å². The van der Waals surface area contributed by atoms with Gasteiger partial charge in [-0.1, -0.05) is 0 Å². The molecule has 4 nitrogen and oxygen atoms in total. The van der Waals surface area contributed by atoms with Gasteiger partial charge >= 0.3 is 0 Å².